The van der Waals surface area contributed by atoms with Gasteiger partial charge in [0.05, 0.1) is 0 Å². The van der Waals surface area contributed by atoms with Crippen molar-refractivity contribution in [3.05, 3.63) is 119 Å². The summed E-state index contributed by atoms with van der Waals surface area (Å²) < 4.78 is 19.8. The molecular weight excluding hydrogens is 703 g/mol. The summed E-state index contributed by atoms with van der Waals surface area (Å²) in [6.45, 7) is 13.1. The van der Waals surface area contributed by atoms with E-state index in [0.717, 1.165) is 11.5 Å². The van der Waals surface area contributed by atoms with E-state index in [1.807, 2.05) is 0 Å². The molecular formula is C41H46HfO2. The fourth-order valence-electron chi connectivity index (χ4n) is 7.51. The average Bonchev–Trinajstić information content (AvgIpc) is 3.64. The van der Waals surface area contributed by atoms with Gasteiger partial charge in [0.1, 0.15) is 0 Å². The number of allylic oxidation sites excluding steroid dienone is 2. The van der Waals surface area contributed by atoms with E-state index in [-0.39, 0.29) is 12.2 Å². The molecule has 0 heterocycles. The van der Waals surface area contributed by atoms with Gasteiger partial charge in [-0.2, -0.15) is 0 Å². The second-order valence-electron chi connectivity index (χ2n) is 14.3. The Kier molecular flexibility index (Phi) is 8.07. The van der Waals surface area contributed by atoms with Crippen LogP contribution >= 0.6 is 0 Å². The zero-order valence-corrected chi connectivity index (χ0v) is 31.1. The molecule has 0 bridgehead atoms. The molecule has 44 heavy (non-hydrogen) atoms. The van der Waals surface area contributed by atoms with Crippen molar-refractivity contribution in [1.29, 1.82) is 0 Å². The average molecular weight is 749 g/mol. The Morgan fingerprint density at radius 3 is 1.30 bits per heavy atom. The van der Waals surface area contributed by atoms with Gasteiger partial charge in [0.15, 0.2) is 0 Å². The summed E-state index contributed by atoms with van der Waals surface area (Å²) in [4.78, 5) is 0. The van der Waals surface area contributed by atoms with Crippen molar-refractivity contribution in [2.75, 3.05) is 0 Å². The fraction of sp³-hybridized carbons (Fsp3) is 0.293. The molecule has 2 atom stereocenters. The first kappa shape index (κ1) is 30.7. The number of hydrogen-bond acceptors (Lipinski definition) is 2. The quantitative estimate of drug-likeness (QED) is 0.167. The second kappa shape index (κ2) is 11.6. The number of benzene rings is 4. The Labute approximate surface area is 265 Å². The fourth-order valence-corrected chi connectivity index (χ4v) is 27.0. The van der Waals surface area contributed by atoms with Crippen molar-refractivity contribution in [2.45, 2.75) is 70.5 Å². The van der Waals surface area contributed by atoms with Gasteiger partial charge in [-0.1, -0.05) is 0 Å². The Hall–Kier alpha value is -3.30. The summed E-state index contributed by atoms with van der Waals surface area (Å²) >= 11 is -3.93. The molecule has 2 aliphatic carbocycles. The van der Waals surface area contributed by atoms with Crippen LogP contribution in [-0.4, -0.2) is 15.5 Å². The zero-order chi connectivity index (χ0) is 31.2. The summed E-state index contributed by atoms with van der Waals surface area (Å²) in [5.74, 6) is 1.84. The number of rotatable bonds is 8. The predicted molar refractivity (Wildman–Crippen MR) is 187 cm³/mol. The molecule has 0 saturated heterocycles. The van der Waals surface area contributed by atoms with Gasteiger partial charge in [-0.3, -0.25) is 0 Å². The molecule has 0 amide bonds. The van der Waals surface area contributed by atoms with Crippen LogP contribution in [0.2, 0.25) is 9.36 Å². The monoisotopic (exact) mass is 750 g/mol. The molecule has 6 rings (SSSR count). The summed E-state index contributed by atoms with van der Waals surface area (Å²) in [5.41, 5.74) is 10.8. The van der Waals surface area contributed by atoms with Gasteiger partial charge >= 0.3 is 266 Å². The van der Waals surface area contributed by atoms with Crippen LogP contribution in [0.4, 0.5) is 0 Å². The topological polar surface area (TPSA) is 18.5 Å². The van der Waals surface area contributed by atoms with E-state index in [1.54, 1.807) is 3.26 Å². The maximum atomic E-state index is 5.92. The van der Waals surface area contributed by atoms with Crippen LogP contribution in [-0.2, 0) is 18.0 Å². The molecule has 0 radical (unpaired) electrons. The third-order valence-electron chi connectivity index (χ3n) is 10.4. The van der Waals surface area contributed by atoms with Gasteiger partial charge in [0.25, 0.3) is 0 Å². The molecule has 0 spiro atoms. The number of ether oxygens (including phenoxy) is 2. The molecule has 2 nitrogen and oxygen atoms in total. The Morgan fingerprint density at radius 2 is 0.955 bits per heavy atom. The van der Waals surface area contributed by atoms with Crippen molar-refractivity contribution in [3.8, 4) is 33.8 Å². The van der Waals surface area contributed by atoms with Crippen LogP contribution in [0.3, 0.4) is 0 Å². The van der Waals surface area contributed by atoms with E-state index < -0.39 is 18.0 Å². The van der Waals surface area contributed by atoms with E-state index in [1.165, 1.54) is 44.5 Å². The molecule has 0 aliphatic heterocycles. The van der Waals surface area contributed by atoms with Crippen LogP contribution in [0, 0.1) is 0 Å². The standard InChI is InChI=1S/2C18H17O.C3H6.2CH3.Hf/c2*1-13(2)19-16-11-9-15(10-12-16)18-8-4-6-14-5-3-7-17(14)18;1-3-2;;;/h2*3-13H,1-2H3;1-2H3;2*1H3;. The van der Waals surface area contributed by atoms with Gasteiger partial charge in [-0.15, -0.1) is 0 Å². The Balaban J connectivity index is 1.40. The van der Waals surface area contributed by atoms with Gasteiger partial charge in [0, 0.05) is 0 Å². The first-order chi connectivity index (χ1) is 21.0. The van der Waals surface area contributed by atoms with E-state index in [9.17, 15) is 0 Å². The first-order valence-corrected chi connectivity index (χ1v) is 29.3. The van der Waals surface area contributed by atoms with Crippen molar-refractivity contribution in [3.63, 3.8) is 0 Å². The SMILES string of the molecule is C[C](C)=[Hf]([CH3])([CH3])([CH]1C=Cc2c(-c3ccc(OC(C)C)cc3)cccc21)[CH]1C=Cc2c(-c3ccc(OC(C)C)cc3)cccc21. The Bertz CT molecular complexity index is 1700. The van der Waals surface area contributed by atoms with Gasteiger partial charge < -0.3 is 0 Å². The molecule has 3 heteroatoms. The molecule has 0 saturated carbocycles. The van der Waals surface area contributed by atoms with Crippen molar-refractivity contribution >= 4 is 15.4 Å². The first-order valence-electron chi connectivity index (χ1n) is 16.1. The van der Waals surface area contributed by atoms with Crippen LogP contribution in [0.5, 0.6) is 11.5 Å². The second-order valence-corrected chi connectivity index (χ2v) is 41.1. The molecule has 0 fully saturated rings. The van der Waals surface area contributed by atoms with E-state index in [2.05, 4.69) is 160 Å². The summed E-state index contributed by atoms with van der Waals surface area (Å²) in [6.07, 6.45) is 10.3. The van der Waals surface area contributed by atoms with Crippen LogP contribution in [0.15, 0.2) is 97.1 Å². The van der Waals surface area contributed by atoms with Gasteiger partial charge in [-0.05, 0) is 0 Å². The minimum atomic E-state index is -3.93. The molecule has 0 N–H and O–H groups in total. The van der Waals surface area contributed by atoms with Crippen LogP contribution < -0.4 is 9.47 Å². The molecule has 226 valence electrons. The van der Waals surface area contributed by atoms with E-state index in [0.29, 0.717) is 7.35 Å². The number of hydrogen-bond donors (Lipinski definition) is 0. The van der Waals surface area contributed by atoms with E-state index in [4.69, 9.17) is 9.47 Å². The zero-order valence-electron chi connectivity index (χ0n) is 27.5. The van der Waals surface area contributed by atoms with Crippen molar-refractivity contribution in [1.82, 2.24) is 0 Å². The molecule has 2 unspecified atom stereocenters. The molecule has 4 aromatic carbocycles. The third-order valence-corrected chi connectivity index (χ3v) is 39.1. The van der Waals surface area contributed by atoms with Gasteiger partial charge in [0.2, 0.25) is 0 Å². The third kappa shape index (κ3) is 5.22. The summed E-state index contributed by atoms with van der Waals surface area (Å²) in [6, 6.07) is 31.1. The normalized spacial score (nSPS) is 17.2. The van der Waals surface area contributed by atoms with Crippen molar-refractivity contribution < 1.29 is 27.5 Å². The molecule has 4 aromatic rings. The Morgan fingerprint density at radius 1 is 0.568 bits per heavy atom. The summed E-state index contributed by atoms with van der Waals surface area (Å²) in [7, 11) is 0. The van der Waals surface area contributed by atoms with E-state index >= 15 is 0 Å². The van der Waals surface area contributed by atoms with Gasteiger partial charge in [-0.25, -0.2) is 0 Å². The van der Waals surface area contributed by atoms with Crippen LogP contribution in [0.1, 0.15) is 71.1 Å². The summed E-state index contributed by atoms with van der Waals surface area (Å²) in [5, 5.41) is 0. The molecule has 0 aromatic heterocycles. The van der Waals surface area contributed by atoms with Crippen LogP contribution in [0.25, 0.3) is 34.4 Å². The maximum absolute atomic E-state index is 5.92. The molecule has 2 aliphatic rings. The predicted octanol–water partition coefficient (Wildman–Crippen LogP) is 11.4. The number of fused-ring (bicyclic) bond motifs is 2. The minimum absolute atomic E-state index is 0.168. The van der Waals surface area contributed by atoms with Crippen molar-refractivity contribution in [2.24, 2.45) is 0 Å².